The quantitative estimate of drug-likeness (QED) is 0.536. The van der Waals surface area contributed by atoms with E-state index in [1.807, 2.05) is 45.0 Å². The highest BCUT2D eigenvalue weighted by Gasteiger charge is 2.22. The highest BCUT2D eigenvalue weighted by molar-refractivity contribution is 6.04. The Kier molecular flexibility index (Phi) is 7.30. The molecule has 3 rings (SSSR count). The van der Waals surface area contributed by atoms with Crippen molar-refractivity contribution in [3.63, 3.8) is 0 Å². The summed E-state index contributed by atoms with van der Waals surface area (Å²) in [4.78, 5) is 29.3. The molecule has 0 atom stereocenters. The number of hydrogen-bond donors (Lipinski definition) is 1. The number of nitrogens with one attached hydrogen (secondary N) is 1. The van der Waals surface area contributed by atoms with Gasteiger partial charge in [-0.1, -0.05) is 26.0 Å². The highest BCUT2D eigenvalue weighted by Crippen LogP contribution is 2.26. The van der Waals surface area contributed by atoms with Crippen molar-refractivity contribution in [2.45, 2.75) is 20.4 Å². The Labute approximate surface area is 187 Å². The van der Waals surface area contributed by atoms with Gasteiger partial charge in [-0.05, 0) is 53.9 Å². The smallest absolute Gasteiger partial charge is 0.289 e. The molecular weight excluding hydrogens is 409 g/mol. The van der Waals surface area contributed by atoms with Crippen molar-refractivity contribution in [2.75, 3.05) is 30.9 Å². The van der Waals surface area contributed by atoms with Gasteiger partial charge in [-0.3, -0.25) is 9.59 Å². The van der Waals surface area contributed by atoms with E-state index in [4.69, 9.17) is 4.42 Å². The van der Waals surface area contributed by atoms with E-state index in [0.29, 0.717) is 18.8 Å². The zero-order valence-corrected chi connectivity index (χ0v) is 18.8. The molecule has 1 heterocycles. The van der Waals surface area contributed by atoms with E-state index < -0.39 is 11.7 Å². The Morgan fingerprint density at radius 2 is 1.81 bits per heavy atom. The first-order valence-corrected chi connectivity index (χ1v) is 10.4. The van der Waals surface area contributed by atoms with Gasteiger partial charge in [0.1, 0.15) is 5.82 Å². The van der Waals surface area contributed by atoms with E-state index in [2.05, 4.69) is 5.32 Å². The number of benzene rings is 2. The Morgan fingerprint density at radius 3 is 2.44 bits per heavy atom. The Hall–Kier alpha value is -3.61. The summed E-state index contributed by atoms with van der Waals surface area (Å²) in [5.41, 5.74) is 2.26. The molecule has 32 heavy (non-hydrogen) atoms. The summed E-state index contributed by atoms with van der Waals surface area (Å²) < 4.78 is 19.3. The average Bonchev–Trinajstić information content (AvgIpc) is 3.27. The monoisotopic (exact) mass is 437 g/mol. The molecule has 0 unspecified atom stereocenters. The summed E-state index contributed by atoms with van der Waals surface area (Å²) in [6, 6.07) is 14.6. The summed E-state index contributed by atoms with van der Waals surface area (Å²) in [5.74, 6) is -0.782. The maximum absolute atomic E-state index is 14.0. The Morgan fingerprint density at radius 1 is 1.06 bits per heavy atom. The maximum atomic E-state index is 14.0. The van der Waals surface area contributed by atoms with Crippen LogP contribution in [0, 0.1) is 11.7 Å². The molecule has 0 fully saturated rings. The van der Waals surface area contributed by atoms with E-state index >= 15 is 0 Å². The van der Waals surface area contributed by atoms with Gasteiger partial charge in [0.15, 0.2) is 5.76 Å². The lowest BCUT2D eigenvalue weighted by Crippen LogP contribution is -2.34. The third-order valence-corrected chi connectivity index (χ3v) is 4.90. The van der Waals surface area contributed by atoms with Gasteiger partial charge >= 0.3 is 0 Å². The number of carbonyl (C=O) groups is 2. The van der Waals surface area contributed by atoms with Crippen molar-refractivity contribution in [1.82, 2.24) is 4.90 Å². The number of halogens is 1. The Balaban J connectivity index is 1.90. The van der Waals surface area contributed by atoms with Crippen molar-refractivity contribution in [1.29, 1.82) is 0 Å². The minimum Gasteiger partial charge on any atom is -0.459 e. The molecule has 2 amide bonds. The van der Waals surface area contributed by atoms with Crippen LogP contribution in [0.1, 0.15) is 40.3 Å². The number of carbonyl (C=O) groups excluding carboxylic acids is 2. The first-order chi connectivity index (χ1) is 15.3. The SMILES string of the molecule is CC(C)CN(Cc1cc(NC(=O)c2ccccc2F)ccc1N(C)C)C(=O)c1ccco1. The zero-order valence-electron chi connectivity index (χ0n) is 18.8. The minimum absolute atomic E-state index is 0.0276. The number of rotatable bonds is 8. The fourth-order valence-electron chi connectivity index (χ4n) is 3.49. The maximum Gasteiger partial charge on any atom is 0.289 e. The van der Waals surface area contributed by atoms with Crippen LogP contribution >= 0.6 is 0 Å². The van der Waals surface area contributed by atoms with Crippen LogP contribution in [0.15, 0.2) is 65.3 Å². The van der Waals surface area contributed by atoms with Crippen LogP contribution in [0.4, 0.5) is 15.8 Å². The van der Waals surface area contributed by atoms with E-state index in [1.165, 1.54) is 24.5 Å². The Bertz CT molecular complexity index is 1080. The molecule has 0 saturated heterocycles. The van der Waals surface area contributed by atoms with Gasteiger partial charge in [0.05, 0.1) is 11.8 Å². The number of anilines is 2. The number of hydrogen-bond acceptors (Lipinski definition) is 4. The molecular formula is C25H28FN3O3. The molecule has 0 aliphatic heterocycles. The van der Waals surface area contributed by atoms with Crippen molar-refractivity contribution >= 4 is 23.2 Å². The van der Waals surface area contributed by atoms with Crippen LogP contribution in [0.3, 0.4) is 0 Å². The molecule has 1 aromatic heterocycles. The van der Waals surface area contributed by atoms with Crippen LogP contribution in [-0.4, -0.2) is 37.4 Å². The largest absolute Gasteiger partial charge is 0.459 e. The third-order valence-electron chi connectivity index (χ3n) is 4.90. The van der Waals surface area contributed by atoms with Crippen LogP contribution < -0.4 is 10.2 Å². The highest BCUT2D eigenvalue weighted by atomic mass is 19.1. The normalized spacial score (nSPS) is 10.8. The first kappa shape index (κ1) is 23.1. The molecule has 7 heteroatoms. The van der Waals surface area contributed by atoms with Gasteiger partial charge in [0.2, 0.25) is 0 Å². The van der Waals surface area contributed by atoms with Crippen molar-refractivity contribution < 1.29 is 18.4 Å². The molecule has 0 radical (unpaired) electrons. The molecule has 168 valence electrons. The average molecular weight is 438 g/mol. The van der Waals surface area contributed by atoms with Gasteiger partial charge in [-0.2, -0.15) is 0 Å². The van der Waals surface area contributed by atoms with Crippen LogP contribution in [-0.2, 0) is 6.54 Å². The standard InChI is InChI=1S/C25H28FN3O3/c1-17(2)15-29(25(31)23-10-7-13-32-23)16-18-14-19(11-12-22(18)28(3)4)27-24(30)20-8-5-6-9-21(20)26/h5-14,17H,15-16H2,1-4H3,(H,27,30). The number of furan rings is 1. The van der Waals surface area contributed by atoms with Gasteiger partial charge < -0.3 is 19.5 Å². The van der Waals surface area contributed by atoms with Crippen LogP contribution in [0.2, 0.25) is 0 Å². The summed E-state index contributed by atoms with van der Waals surface area (Å²) in [7, 11) is 3.83. The predicted molar refractivity (Wildman–Crippen MR) is 123 cm³/mol. The predicted octanol–water partition coefficient (Wildman–Crippen LogP) is 5.04. The number of nitrogens with zero attached hydrogens (tertiary/aromatic N) is 2. The minimum atomic E-state index is -0.581. The van der Waals surface area contributed by atoms with Gasteiger partial charge in [-0.25, -0.2) is 4.39 Å². The lowest BCUT2D eigenvalue weighted by molar-refractivity contribution is 0.0690. The summed E-state index contributed by atoms with van der Waals surface area (Å²) >= 11 is 0. The van der Waals surface area contributed by atoms with Crippen molar-refractivity contribution in [2.24, 2.45) is 5.92 Å². The lowest BCUT2D eigenvalue weighted by Gasteiger charge is -2.27. The van der Waals surface area contributed by atoms with E-state index in [0.717, 1.165) is 11.3 Å². The summed E-state index contributed by atoms with van der Waals surface area (Å²) in [5, 5.41) is 2.76. The molecule has 0 aliphatic carbocycles. The molecule has 3 aromatic rings. The molecule has 1 N–H and O–H groups in total. The third kappa shape index (κ3) is 5.55. The topological polar surface area (TPSA) is 65.8 Å². The molecule has 0 saturated carbocycles. The molecule has 0 bridgehead atoms. The van der Waals surface area contributed by atoms with E-state index in [-0.39, 0.29) is 23.1 Å². The molecule has 0 aliphatic rings. The number of amides is 2. The van der Waals surface area contributed by atoms with E-state index in [1.54, 1.807) is 29.2 Å². The summed E-state index contributed by atoms with van der Waals surface area (Å²) in [6.45, 7) is 4.95. The van der Waals surface area contributed by atoms with Gasteiger partial charge in [-0.15, -0.1) is 0 Å². The lowest BCUT2D eigenvalue weighted by atomic mass is 10.1. The zero-order chi connectivity index (χ0) is 23.3. The second-order valence-corrected chi connectivity index (χ2v) is 8.23. The summed E-state index contributed by atoms with van der Waals surface area (Å²) in [6.07, 6.45) is 1.48. The first-order valence-electron chi connectivity index (χ1n) is 10.4. The van der Waals surface area contributed by atoms with Crippen molar-refractivity contribution in [3.05, 3.63) is 83.6 Å². The van der Waals surface area contributed by atoms with Crippen LogP contribution in [0.5, 0.6) is 0 Å². The van der Waals surface area contributed by atoms with Crippen LogP contribution in [0.25, 0.3) is 0 Å². The molecule has 2 aromatic carbocycles. The fraction of sp³-hybridized carbons (Fsp3) is 0.280. The fourth-order valence-corrected chi connectivity index (χ4v) is 3.49. The van der Waals surface area contributed by atoms with Gasteiger partial charge in [0, 0.05) is 38.6 Å². The second kappa shape index (κ2) is 10.1. The van der Waals surface area contributed by atoms with E-state index in [9.17, 15) is 14.0 Å². The van der Waals surface area contributed by atoms with Crippen molar-refractivity contribution in [3.8, 4) is 0 Å². The molecule has 6 nitrogen and oxygen atoms in total. The second-order valence-electron chi connectivity index (χ2n) is 8.23. The molecule has 0 spiro atoms. The van der Waals surface area contributed by atoms with Gasteiger partial charge in [0.25, 0.3) is 11.8 Å².